The number of hydrogen-bond donors (Lipinski definition) is 1. The minimum atomic E-state index is 0.387. The number of nitrogens with one attached hydrogen (secondary N) is 1. The monoisotopic (exact) mass is 291 g/mol. The van der Waals surface area contributed by atoms with E-state index in [2.05, 4.69) is 54.9 Å². The lowest BCUT2D eigenvalue weighted by Gasteiger charge is -2.16. The molecule has 0 spiro atoms. The molecule has 0 aliphatic heterocycles. The minimum absolute atomic E-state index is 0.387. The van der Waals surface area contributed by atoms with Crippen LogP contribution in [0.2, 0.25) is 5.02 Å². The molecular formula is C16H18ClNS. The second kappa shape index (κ2) is 6.88. The topological polar surface area (TPSA) is 12.0 Å². The molecule has 0 aliphatic carbocycles. The SMILES string of the molecule is CSc1cccc(NC(C)Cc2ccc(Cl)cc2)c1. The average Bonchev–Trinajstić information content (AvgIpc) is 2.41. The highest BCUT2D eigenvalue weighted by Crippen LogP contribution is 2.20. The van der Waals surface area contributed by atoms with Gasteiger partial charge in [0.15, 0.2) is 0 Å². The number of anilines is 1. The van der Waals surface area contributed by atoms with Crippen molar-refractivity contribution in [2.75, 3.05) is 11.6 Å². The van der Waals surface area contributed by atoms with Gasteiger partial charge in [0.2, 0.25) is 0 Å². The van der Waals surface area contributed by atoms with Gasteiger partial charge < -0.3 is 5.32 Å². The van der Waals surface area contributed by atoms with Crippen LogP contribution in [0.5, 0.6) is 0 Å². The Kier molecular flexibility index (Phi) is 5.17. The van der Waals surface area contributed by atoms with Crippen molar-refractivity contribution in [1.82, 2.24) is 0 Å². The fourth-order valence-corrected chi connectivity index (χ4v) is 2.61. The Hall–Kier alpha value is -1.12. The minimum Gasteiger partial charge on any atom is -0.382 e. The quantitative estimate of drug-likeness (QED) is 0.769. The molecule has 2 aromatic rings. The van der Waals surface area contributed by atoms with Gasteiger partial charge >= 0.3 is 0 Å². The number of rotatable bonds is 5. The number of thioether (sulfide) groups is 1. The molecule has 19 heavy (non-hydrogen) atoms. The fourth-order valence-electron chi connectivity index (χ4n) is 2.02. The Morgan fingerprint density at radius 2 is 1.89 bits per heavy atom. The van der Waals surface area contributed by atoms with E-state index in [1.54, 1.807) is 11.8 Å². The van der Waals surface area contributed by atoms with Gasteiger partial charge in [-0.15, -0.1) is 11.8 Å². The lowest BCUT2D eigenvalue weighted by Crippen LogP contribution is -2.17. The molecule has 0 aromatic heterocycles. The first-order valence-electron chi connectivity index (χ1n) is 6.32. The summed E-state index contributed by atoms with van der Waals surface area (Å²) >= 11 is 7.65. The maximum Gasteiger partial charge on any atom is 0.0406 e. The van der Waals surface area contributed by atoms with Gasteiger partial charge in [-0.1, -0.05) is 29.8 Å². The Morgan fingerprint density at radius 1 is 1.16 bits per heavy atom. The second-order valence-electron chi connectivity index (χ2n) is 4.61. The number of halogens is 1. The van der Waals surface area contributed by atoms with Crippen molar-refractivity contribution in [3.05, 3.63) is 59.1 Å². The zero-order valence-electron chi connectivity index (χ0n) is 11.2. The van der Waals surface area contributed by atoms with E-state index in [4.69, 9.17) is 11.6 Å². The van der Waals surface area contributed by atoms with Crippen LogP contribution >= 0.6 is 23.4 Å². The predicted octanol–water partition coefficient (Wildman–Crippen LogP) is 5.11. The van der Waals surface area contributed by atoms with E-state index in [1.807, 2.05) is 12.1 Å². The van der Waals surface area contributed by atoms with Gasteiger partial charge in [-0.25, -0.2) is 0 Å². The van der Waals surface area contributed by atoms with Crippen molar-refractivity contribution < 1.29 is 0 Å². The second-order valence-corrected chi connectivity index (χ2v) is 5.92. The van der Waals surface area contributed by atoms with E-state index in [1.165, 1.54) is 16.1 Å². The number of hydrogen-bond acceptors (Lipinski definition) is 2. The summed E-state index contributed by atoms with van der Waals surface area (Å²) in [6, 6.07) is 16.9. The lowest BCUT2D eigenvalue weighted by molar-refractivity contribution is 0.790. The summed E-state index contributed by atoms with van der Waals surface area (Å²) in [6.07, 6.45) is 3.08. The zero-order valence-corrected chi connectivity index (χ0v) is 12.8. The highest BCUT2D eigenvalue weighted by Gasteiger charge is 2.04. The smallest absolute Gasteiger partial charge is 0.0406 e. The molecule has 3 heteroatoms. The lowest BCUT2D eigenvalue weighted by atomic mass is 10.1. The van der Waals surface area contributed by atoms with Crippen molar-refractivity contribution in [3.8, 4) is 0 Å². The largest absolute Gasteiger partial charge is 0.382 e. The summed E-state index contributed by atoms with van der Waals surface area (Å²) in [4.78, 5) is 1.28. The molecule has 0 radical (unpaired) electrons. The first-order chi connectivity index (χ1) is 9.17. The molecule has 1 N–H and O–H groups in total. The van der Waals surface area contributed by atoms with Crippen LogP contribution in [-0.4, -0.2) is 12.3 Å². The van der Waals surface area contributed by atoms with Crippen LogP contribution in [0.4, 0.5) is 5.69 Å². The number of benzene rings is 2. The van der Waals surface area contributed by atoms with Gasteiger partial charge in [-0.3, -0.25) is 0 Å². The normalized spacial score (nSPS) is 12.2. The van der Waals surface area contributed by atoms with Crippen LogP contribution in [0.15, 0.2) is 53.4 Å². The van der Waals surface area contributed by atoms with Crippen LogP contribution in [0, 0.1) is 0 Å². The van der Waals surface area contributed by atoms with Gasteiger partial charge in [-0.05, 0) is 55.5 Å². The van der Waals surface area contributed by atoms with Crippen molar-refractivity contribution in [2.45, 2.75) is 24.3 Å². The Balaban J connectivity index is 1.96. The third-order valence-electron chi connectivity index (χ3n) is 2.94. The molecule has 0 aliphatic rings. The third kappa shape index (κ3) is 4.48. The first kappa shape index (κ1) is 14.3. The molecule has 0 heterocycles. The molecule has 0 fully saturated rings. The van der Waals surface area contributed by atoms with Crippen molar-refractivity contribution in [1.29, 1.82) is 0 Å². The molecular weight excluding hydrogens is 274 g/mol. The van der Waals surface area contributed by atoms with Gasteiger partial charge in [0.05, 0.1) is 0 Å². The average molecular weight is 292 g/mol. The van der Waals surface area contributed by atoms with Crippen LogP contribution in [-0.2, 0) is 6.42 Å². The first-order valence-corrected chi connectivity index (χ1v) is 7.92. The van der Waals surface area contributed by atoms with Crippen LogP contribution in [0.1, 0.15) is 12.5 Å². The summed E-state index contributed by atoms with van der Waals surface area (Å²) < 4.78 is 0. The van der Waals surface area contributed by atoms with Crippen LogP contribution in [0.25, 0.3) is 0 Å². The van der Waals surface area contributed by atoms with E-state index < -0.39 is 0 Å². The van der Waals surface area contributed by atoms with E-state index in [0.29, 0.717) is 6.04 Å². The zero-order chi connectivity index (χ0) is 13.7. The Bertz CT molecular complexity index is 525. The summed E-state index contributed by atoms with van der Waals surface area (Å²) in [6.45, 7) is 2.19. The van der Waals surface area contributed by atoms with E-state index >= 15 is 0 Å². The standard InChI is InChI=1S/C16H18ClNS/c1-12(10-13-6-8-14(17)9-7-13)18-15-4-3-5-16(11-15)19-2/h3-9,11-12,18H,10H2,1-2H3. The summed E-state index contributed by atoms with van der Waals surface area (Å²) in [7, 11) is 0. The van der Waals surface area contributed by atoms with E-state index in [-0.39, 0.29) is 0 Å². The molecule has 1 atom stereocenters. The Labute approximate surface area is 124 Å². The molecule has 0 amide bonds. The molecule has 2 rings (SSSR count). The molecule has 1 unspecified atom stereocenters. The molecule has 0 saturated heterocycles. The fraction of sp³-hybridized carbons (Fsp3) is 0.250. The summed E-state index contributed by atoms with van der Waals surface area (Å²) in [5.41, 5.74) is 2.47. The molecule has 2 aromatic carbocycles. The maximum absolute atomic E-state index is 5.89. The summed E-state index contributed by atoms with van der Waals surface area (Å²) in [5, 5.41) is 4.32. The van der Waals surface area contributed by atoms with E-state index in [0.717, 1.165) is 11.4 Å². The highest BCUT2D eigenvalue weighted by molar-refractivity contribution is 7.98. The van der Waals surface area contributed by atoms with Crippen LogP contribution in [0.3, 0.4) is 0 Å². The molecule has 100 valence electrons. The van der Waals surface area contributed by atoms with Gasteiger partial charge in [0.25, 0.3) is 0 Å². The third-order valence-corrected chi connectivity index (χ3v) is 3.92. The highest BCUT2D eigenvalue weighted by atomic mass is 35.5. The molecule has 0 bridgehead atoms. The maximum atomic E-state index is 5.89. The van der Waals surface area contributed by atoms with Gasteiger partial charge in [0.1, 0.15) is 0 Å². The van der Waals surface area contributed by atoms with Gasteiger partial charge in [-0.2, -0.15) is 0 Å². The molecule has 0 saturated carbocycles. The van der Waals surface area contributed by atoms with E-state index in [9.17, 15) is 0 Å². The van der Waals surface area contributed by atoms with Gasteiger partial charge in [0, 0.05) is 21.6 Å². The molecule has 1 nitrogen and oxygen atoms in total. The predicted molar refractivity (Wildman–Crippen MR) is 86.5 cm³/mol. The van der Waals surface area contributed by atoms with Crippen molar-refractivity contribution in [2.24, 2.45) is 0 Å². The summed E-state index contributed by atoms with van der Waals surface area (Å²) in [5.74, 6) is 0. The van der Waals surface area contributed by atoms with Crippen molar-refractivity contribution in [3.63, 3.8) is 0 Å². The van der Waals surface area contributed by atoms with Crippen molar-refractivity contribution >= 4 is 29.1 Å². The Morgan fingerprint density at radius 3 is 2.58 bits per heavy atom. The van der Waals surface area contributed by atoms with Crippen LogP contribution < -0.4 is 5.32 Å².